The van der Waals surface area contributed by atoms with Gasteiger partial charge >= 0.3 is 0 Å². The Morgan fingerprint density at radius 1 is 1.17 bits per heavy atom. The molecule has 0 unspecified atom stereocenters. The normalized spacial score (nSPS) is 17.2. The summed E-state index contributed by atoms with van der Waals surface area (Å²) >= 11 is 1.88. The molecule has 5 rings (SSSR count). The maximum absolute atomic E-state index is 12.8. The molecule has 1 saturated heterocycles. The highest BCUT2D eigenvalue weighted by atomic mass is 32.1. The van der Waals surface area contributed by atoms with Crippen LogP contribution in [0.1, 0.15) is 22.4 Å². The number of hydrogen-bond donors (Lipinski definition) is 0. The van der Waals surface area contributed by atoms with E-state index in [-0.39, 0.29) is 5.91 Å². The van der Waals surface area contributed by atoms with Crippen molar-refractivity contribution in [2.45, 2.75) is 31.8 Å². The van der Waals surface area contributed by atoms with Crippen LogP contribution >= 0.6 is 11.3 Å². The first-order valence-electron chi connectivity index (χ1n) is 10.3. The summed E-state index contributed by atoms with van der Waals surface area (Å²) in [5.74, 6) is 1.13. The minimum absolute atomic E-state index is 0.254. The van der Waals surface area contributed by atoms with E-state index in [0.717, 1.165) is 43.9 Å². The van der Waals surface area contributed by atoms with Crippen LogP contribution in [0.25, 0.3) is 10.8 Å². The number of likely N-dealkylation sites (tertiary alicyclic amines) is 1. The van der Waals surface area contributed by atoms with Crippen molar-refractivity contribution in [2.24, 2.45) is 0 Å². The fourth-order valence-corrected chi connectivity index (χ4v) is 5.52. The molecule has 0 atom stereocenters. The molecule has 2 aliphatic heterocycles. The summed E-state index contributed by atoms with van der Waals surface area (Å²) < 4.78 is 5.57. The van der Waals surface area contributed by atoms with Crippen molar-refractivity contribution >= 4 is 28.0 Å². The summed E-state index contributed by atoms with van der Waals surface area (Å²) in [5, 5.41) is 4.57. The molecule has 1 aromatic heterocycles. The van der Waals surface area contributed by atoms with E-state index in [0.29, 0.717) is 18.9 Å². The summed E-state index contributed by atoms with van der Waals surface area (Å²) in [7, 11) is 1.70. The zero-order chi connectivity index (χ0) is 19.8. The van der Waals surface area contributed by atoms with Gasteiger partial charge in [0, 0.05) is 49.1 Å². The molecule has 0 saturated carbocycles. The standard InChI is InChI=1S/C24H26N2O2S/c1-28-22-8-6-17-4-2-3-5-20(17)21(22)7-9-24(27)26-15-19(16-26)25-12-10-23-18(14-25)11-13-29-23/h2-6,8,11,13,19H,7,9-10,12,14-16H2,1H3. The summed E-state index contributed by atoms with van der Waals surface area (Å²) in [4.78, 5) is 18.9. The van der Waals surface area contributed by atoms with Crippen molar-refractivity contribution in [2.75, 3.05) is 26.7 Å². The van der Waals surface area contributed by atoms with Gasteiger partial charge in [-0.3, -0.25) is 9.69 Å². The Bertz CT molecular complexity index is 1040. The molecule has 150 valence electrons. The number of rotatable bonds is 5. The van der Waals surface area contributed by atoms with Crippen molar-refractivity contribution < 1.29 is 9.53 Å². The maximum Gasteiger partial charge on any atom is 0.223 e. The topological polar surface area (TPSA) is 32.8 Å². The van der Waals surface area contributed by atoms with E-state index in [1.54, 1.807) is 7.11 Å². The number of nitrogens with zero attached hydrogens (tertiary/aromatic N) is 2. The minimum atomic E-state index is 0.254. The molecule has 0 bridgehead atoms. The highest BCUT2D eigenvalue weighted by molar-refractivity contribution is 7.10. The molecule has 3 heterocycles. The number of ether oxygens (including phenoxy) is 1. The average Bonchev–Trinajstić information content (AvgIpc) is 3.18. The van der Waals surface area contributed by atoms with Crippen LogP contribution in [0.3, 0.4) is 0 Å². The Hall–Kier alpha value is -2.37. The van der Waals surface area contributed by atoms with Gasteiger partial charge in [-0.15, -0.1) is 11.3 Å². The number of thiophene rings is 1. The number of carbonyl (C=O) groups is 1. The number of amides is 1. The first-order chi connectivity index (χ1) is 14.2. The average molecular weight is 407 g/mol. The van der Waals surface area contributed by atoms with E-state index >= 15 is 0 Å². The van der Waals surface area contributed by atoms with Crippen LogP contribution < -0.4 is 4.74 Å². The number of benzene rings is 2. The molecule has 0 spiro atoms. The molecule has 0 radical (unpaired) electrons. The lowest BCUT2D eigenvalue weighted by Crippen LogP contribution is -2.61. The van der Waals surface area contributed by atoms with Crippen molar-refractivity contribution in [3.63, 3.8) is 0 Å². The van der Waals surface area contributed by atoms with Crippen LogP contribution in [0.2, 0.25) is 0 Å². The van der Waals surface area contributed by atoms with Crippen molar-refractivity contribution in [3.8, 4) is 5.75 Å². The molecule has 5 heteroatoms. The predicted octanol–water partition coefficient (Wildman–Crippen LogP) is 4.11. The molecule has 0 N–H and O–H groups in total. The van der Waals surface area contributed by atoms with Crippen LogP contribution in [0.4, 0.5) is 0 Å². The third kappa shape index (κ3) is 3.53. The molecule has 4 nitrogen and oxygen atoms in total. The highest BCUT2D eigenvalue weighted by Gasteiger charge is 2.35. The highest BCUT2D eigenvalue weighted by Crippen LogP contribution is 2.30. The van der Waals surface area contributed by atoms with E-state index in [1.165, 1.54) is 21.2 Å². The Morgan fingerprint density at radius 3 is 2.90 bits per heavy atom. The molecule has 0 aliphatic carbocycles. The first-order valence-corrected chi connectivity index (χ1v) is 11.2. The van der Waals surface area contributed by atoms with Crippen LogP contribution in [0.15, 0.2) is 47.8 Å². The fraction of sp³-hybridized carbons (Fsp3) is 0.375. The predicted molar refractivity (Wildman–Crippen MR) is 118 cm³/mol. The lowest BCUT2D eigenvalue weighted by atomic mass is 9.98. The Kier molecular flexibility index (Phi) is 5.02. The van der Waals surface area contributed by atoms with Gasteiger partial charge in [0.1, 0.15) is 5.75 Å². The van der Waals surface area contributed by atoms with Crippen molar-refractivity contribution in [1.82, 2.24) is 9.80 Å². The lowest BCUT2D eigenvalue weighted by Gasteiger charge is -2.46. The SMILES string of the molecule is COc1ccc2ccccc2c1CCC(=O)N1CC(N2CCc3sccc3C2)C1. The molecule has 2 aliphatic rings. The van der Waals surface area contributed by atoms with E-state index in [4.69, 9.17) is 4.74 Å². The van der Waals surface area contributed by atoms with Gasteiger partial charge in [0.25, 0.3) is 0 Å². The minimum Gasteiger partial charge on any atom is -0.496 e. The van der Waals surface area contributed by atoms with Crippen LogP contribution in [0.5, 0.6) is 5.75 Å². The van der Waals surface area contributed by atoms with Crippen molar-refractivity contribution in [1.29, 1.82) is 0 Å². The second-order valence-corrected chi connectivity index (χ2v) is 9.01. The van der Waals surface area contributed by atoms with E-state index in [9.17, 15) is 4.79 Å². The number of fused-ring (bicyclic) bond motifs is 2. The number of hydrogen-bond acceptors (Lipinski definition) is 4. The zero-order valence-electron chi connectivity index (χ0n) is 16.8. The lowest BCUT2D eigenvalue weighted by molar-refractivity contribution is -0.138. The maximum atomic E-state index is 12.8. The number of aryl methyl sites for hydroxylation is 1. The third-order valence-electron chi connectivity index (χ3n) is 6.37. The monoisotopic (exact) mass is 406 g/mol. The van der Waals surface area contributed by atoms with E-state index in [1.807, 2.05) is 34.4 Å². The van der Waals surface area contributed by atoms with Gasteiger partial charge in [-0.1, -0.05) is 30.3 Å². The third-order valence-corrected chi connectivity index (χ3v) is 7.40. The molecule has 29 heavy (non-hydrogen) atoms. The van der Waals surface area contributed by atoms with Gasteiger partial charge in [0.2, 0.25) is 5.91 Å². The molecule has 1 amide bonds. The molecule has 2 aromatic carbocycles. The van der Waals surface area contributed by atoms with Crippen molar-refractivity contribution in [3.05, 3.63) is 63.8 Å². The zero-order valence-corrected chi connectivity index (χ0v) is 17.6. The van der Waals surface area contributed by atoms with Gasteiger partial charge in [0.15, 0.2) is 0 Å². The Balaban J connectivity index is 1.19. The summed E-state index contributed by atoms with van der Waals surface area (Å²) in [6, 6.07) is 15.2. The quantitative estimate of drug-likeness (QED) is 0.639. The van der Waals surface area contributed by atoms with Crippen LogP contribution in [-0.4, -0.2) is 48.5 Å². The van der Waals surface area contributed by atoms with Crippen LogP contribution in [0, 0.1) is 0 Å². The smallest absolute Gasteiger partial charge is 0.223 e. The Morgan fingerprint density at radius 2 is 2.03 bits per heavy atom. The largest absolute Gasteiger partial charge is 0.496 e. The van der Waals surface area contributed by atoms with Gasteiger partial charge in [-0.2, -0.15) is 0 Å². The van der Waals surface area contributed by atoms with Gasteiger partial charge in [-0.05, 0) is 46.7 Å². The molecule has 3 aromatic rings. The second kappa shape index (κ2) is 7.81. The van der Waals surface area contributed by atoms with Gasteiger partial charge in [-0.25, -0.2) is 0 Å². The van der Waals surface area contributed by atoms with E-state index in [2.05, 4.69) is 34.5 Å². The number of carbonyl (C=O) groups excluding carboxylic acids is 1. The summed E-state index contributed by atoms with van der Waals surface area (Å²) in [5.41, 5.74) is 2.62. The molecular weight excluding hydrogens is 380 g/mol. The molecule has 1 fully saturated rings. The molecular formula is C24H26N2O2S. The van der Waals surface area contributed by atoms with E-state index < -0.39 is 0 Å². The summed E-state index contributed by atoms with van der Waals surface area (Å²) in [6.07, 6.45) is 2.40. The van der Waals surface area contributed by atoms with Crippen LogP contribution in [-0.2, 0) is 24.2 Å². The summed E-state index contributed by atoms with van der Waals surface area (Å²) in [6.45, 7) is 3.89. The van der Waals surface area contributed by atoms with Gasteiger partial charge < -0.3 is 9.64 Å². The van der Waals surface area contributed by atoms with Gasteiger partial charge in [0.05, 0.1) is 7.11 Å². The first kappa shape index (κ1) is 18.6. The number of methoxy groups -OCH3 is 1. The fourth-order valence-electron chi connectivity index (χ4n) is 4.63. The second-order valence-electron chi connectivity index (χ2n) is 8.01. The Labute approximate surface area is 175 Å².